The Labute approximate surface area is 188 Å². The number of carbonyl (C=O) groups is 1. The number of carbonyl (C=O) groups excluding carboxylic acids is 1. The van der Waals surface area contributed by atoms with Crippen LogP contribution in [-0.4, -0.2) is 69.3 Å². The second kappa shape index (κ2) is 11.6. The molecule has 1 amide bonds. The van der Waals surface area contributed by atoms with Crippen LogP contribution < -0.4 is 0 Å². The highest BCUT2D eigenvalue weighted by Gasteiger charge is 2.36. The second-order valence-electron chi connectivity index (χ2n) is 7.97. The average molecular weight is 449 g/mol. The molecule has 2 unspecified atom stereocenters. The molecule has 31 heavy (non-hydrogen) atoms. The lowest BCUT2D eigenvalue weighted by molar-refractivity contribution is -0.136. The van der Waals surface area contributed by atoms with Gasteiger partial charge in [-0.05, 0) is 35.2 Å². The molecule has 0 radical (unpaired) electrons. The molecule has 2 aromatic carbocycles. The smallest absolute Gasteiger partial charge is 0.248 e. The van der Waals surface area contributed by atoms with Crippen LogP contribution in [0, 0.1) is 11.7 Å². The number of ether oxygens (including phenoxy) is 2. The molecule has 1 aliphatic heterocycles. The minimum absolute atomic E-state index is 0.0321. The molecule has 0 spiro atoms. The molecule has 1 aliphatic rings. The van der Waals surface area contributed by atoms with Crippen LogP contribution in [0.25, 0.3) is 0 Å². The van der Waals surface area contributed by atoms with Gasteiger partial charge >= 0.3 is 0 Å². The third-order valence-corrected chi connectivity index (χ3v) is 6.15. The summed E-state index contributed by atoms with van der Waals surface area (Å²) in [5.41, 5.74) is 2.02. The molecule has 2 atom stereocenters. The number of benzene rings is 2. The van der Waals surface area contributed by atoms with Crippen molar-refractivity contribution in [1.82, 2.24) is 9.80 Å². The first-order chi connectivity index (χ1) is 15.0. The van der Waals surface area contributed by atoms with E-state index in [2.05, 4.69) is 4.90 Å². The minimum Gasteiger partial charge on any atom is -0.383 e. The summed E-state index contributed by atoms with van der Waals surface area (Å²) in [5, 5.41) is 0.741. The fourth-order valence-corrected chi connectivity index (χ4v) is 4.47. The van der Waals surface area contributed by atoms with Gasteiger partial charge in [0, 0.05) is 57.9 Å². The Morgan fingerprint density at radius 1 is 1.16 bits per heavy atom. The highest BCUT2D eigenvalue weighted by molar-refractivity contribution is 6.31. The molecule has 1 saturated heterocycles. The van der Waals surface area contributed by atoms with Gasteiger partial charge in [0.2, 0.25) is 5.91 Å². The predicted octanol–water partition coefficient (Wildman–Crippen LogP) is 3.82. The molecular weight excluding hydrogens is 419 g/mol. The van der Waals surface area contributed by atoms with E-state index in [1.807, 2.05) is 30.3 Å². The van der Waals surface area contributed by atoms with E-state index in [0.717, 1.165) is 29.2 Å². The molecule has 2 aromatic rings. The van der Waals surface area contributed by atoms with Crippen molar-refractivity contribution < 1.29 is 18.7 Å². The third kappa shape index (κ3) is 6.50. The van der Waals surface area contributed by atoms with Crippen LogP contribution in [0.1, 0.15) is 17.0 Å². The van der Waals surface area contributed by atoms with Crippen molar-refractivity contribution >= 4 is 17.5 Å². The summed E-state index contributed by atoms with van der Waals surface area (Å²) in [5.74, 6) is -0.0462. The van der Waals surface area contributed by atoms with Crippen molar-refractivity contribution in [2.75, 3.05) is 53.6 Å². The zero-order valence-corrected chi connectivity index (χ0v) is 18.9. The molecule has 1 fully saturated rings. The number of hydrogen-bond acceptors (Lipinski definition) is 4. The van der Waals surface area contributed by atoms with E-state index in [1.54, 1.807) is 24.1 Å². The lowest BCUT2D eigenvalue weighted by atomic mass is 9.88. The fraction of sp³-hybridized carbons (Fsp3) is 0.458. The quantitative estimate of drug-likeness (QED) is 0.554. The molecule has 5 nitrogen and oxygen atoms in total. The Morgan fingerprint density at radius 3 is 2.68 bits per heavy atom. The van der Waals surface area contributed by atoms with E-state index < -0.39 is 0 Å². The van der Waals surface area contributed by atoms with Gasteiger partial charge in [0.25, 0.3) is 0 Å². The molecule has 1 heterocycles. The Hall–Kier alpha value is -1.99. The normalized spacial score (nSPS) is 19.0. The van der Waals surface area contributed by atoms with Gasteiger partial charge < -0.3 is 14.4 Å². The SMILES string of the molecule is COCCN(CC1CN(Cc2ccccc2Cl)CC1c1cccc(F)c1)C(=O)COC. The van der Waals surface area contributed by atoms with Gasteiger partial charge in [0.1, 0.15) is 12.4 Å². The van der Waals surface area contributed by atoms with Crippen molar-refractivity contribution in [1.29, 1.82) is 0 Å². The Balaban J connectivity index is 1.81. The lowest BCUT2D eigenvalue weighted by Crippen LogP contribution is -2.41. The maximum atomic E-state index is 14.0. The average Bonchev–Trinajstić information content (AvgIpc) is 3.15. The van der Waals surface area contributed by atoms with Crippen LogP contribution >= 0.6 is 11.6 Å². The van der Waals surface area contributed by atoms with Gasteiger partial charge in [-0.25, -0.2) is 4.39 Å². The first kappa shape index (κ1) is 23.7. The second-order valence-corrected chi connectivity index (χ2v) is 8.38. The summed E-state index contributed by atoms with van der Waals surface area (Å²) in [4.78, 5) is 16.7. The zero-order valence-electron chi connectivity index (χ0n) is 18.1. The number of amides is 1. The van der Waals surface area contributed by atoms with Crippen molar-refractivity contribution in [3.05, 3.63) is 70.5 Å². The standard InChI is InChI=1S/C24H30ClFN2O3/c1-30-11-10-28(24(29)17-31-2)15-20-14-27(13-19-6-3-4-9-23(19)25)16-22(20)18-7-5-8-21(26)12-18/h3-9,12,20,22H,10-11,13-17H2,1-2H3. The van der Waals surface area contributed by atoms with Crippen LogP contribution in [0.5, 0.6) is 0 Å². The molecule has 0 aromatic heterocycles. The van der Waals surface area contributed by atoms with Gasteiger partial charge in [0.05, 0.1) is 6.61 Å². The van der Waals surface area contributed by atoms with Gasteiger partial charge in [-0.15, -0.1) is 0 Å². The highest BCUT2D eigenvalue weighted by atomic mass is 35.5. The van der Waals surface area contributed by atoms with E-state index in [4.69, 9.17) is 21.1 Å². The van der Waals surface area contributed by atoms with E-state index in [0.29, 0.717) is 26.2 Å². The summed E-state index contributed by atoms with van der Waals surface area (Å²) >= 11 is 6.37. The topological polar surface area (TPSA) is 42.0 Å². The van der Waals surface area contributed by atoms with E-state index in [9.17, 15) is 9.18 Å². The van der Waals surface area contributed by atoms with Gasteiger partial charge in [-0.1, -0.05) is 41.9 Å². The van der Waals surface area contributed by atoms with E-state index >= 15 is 0 Å². The maximum Gasteiger partial charge on any atom is 0.248 e. The van der Waals surface area contributed by atoms with Gasteiger partial charge in [-0.3, -0.25) is 9.69 Å². The van der Waals surface area contributed by atoms with Crippen LogP contribution in [0.4, 0.5) is 4.39 Å². The minimum atomic E-state index is -0.243. The van der Waals surface area contributed by atoms with Crippen molar-refractivity contribution in [2.45, 2.75) is 12.5 Å². The van der Waals surface area contributed by atoms with Gasteiger partial charge in [0.15, 0.2) is 0 Å². The monoisotopic (exact) mass is 448 g/mol. The van der Waals surface area contributed by atoms with Crippen LogP contribution in [0.15, 0.2) is 48.5 Å². The van der Waals surface area contributed by atoms with Crippen LogP contribution in [-0.2, 0) is 20.8 Å². The Kier molecular flexibility index (Phi) is 8.84. The molecule has 0 saturated carbocycles. The molecule has 7 heteroatoms. The molecule has 0 bridgehead atoms. The van der Waals surface area contributed by atoms with Crippen LogP contribution in [0.3, 0.4) is 0 Å². The lowest BCUT2D eigenvalue weighted by Gasteiger charge is -2.28. The van der Waals surface area contributed by atoms with Crippen molar-refractivity contribution in [3.8, 4) is 0 Å². The number of rotatable bonds is 10. The molecule has 168 valence electrons. The van der Waals surface area contributed by atoms with Crippen molar-refractivity contribution in [3.63, 3.8) is 0 Å². The number of methoxy groups -OCH3 is 2. The number of hydrogen-bond donors (Lipinski definition) is 0. The summed E-state index contributed by atoms with van der Waals surface area (Å²) in [6, 6.07) is 14.6. The summed E-state index contributed by atoms with van der Waals surface area (Å²) in [6.45, 7) is 3.82. The number of halogens is 2. The Morgan fingerprint density at radius 2 is 1.97 bits per heavy atom. The molecule has 3 rings (SSSR count). The largest absolute Gasteiger partial charge is 0.383 e. The maximum absolute atomic E-state index is 14.0. The zero-order chi connectivity index (χ0) is 22.2. The van der Waals surface area contributed by atoms with Crippen molar-refractivity contribution in [2.24, 2.45) is 5.92 Å². The van der Waals surface area contributed by atoms with E-state index in [-0.39, 0.29) is 30.2 Å². The Bertz CT molecular complexity index is 866. The number of nitrogens with zero attached hydrogens (tertiary/aromatic N) is 2. The summed E-state index contributed by atoms with van der Waals surface area (Å²) < 4.78 is 24.2. The van der Waals surface area contributed by atoms with E-state index in [1.165, 1.54) is 13.2 Å². The summed E-state index contributed by atoms with van der Waals surface area (Å²) in [7, 11) is 3.14. The molecule has 0 aliphatic carbocycles. The van der Waals surface area contributed by atoms with Gasteiger partial charge in [-0.2, -0.15) is 0 Å². The number of likely N-dealkylation sites (tertiary alicyclic amines) is 1. The molecule has 0 N–H and O–H groups in total. The summed E-state index contributed by atoms with van der Waals surface area (Å²) in [6.07, 6.45) is 0. The fourth-order valence-electron chi connectivity index (χ4n) is 4.27. The third-order valence-electron chi connectivity index (χ3n) is 5.79. The van der Waals surface area contributed by atoms with Crippen LogP contribution in [0.2, 0.25) is 5.02 Å². The highest BCUT2D eigenvalue weighted by Crippen LogP contribution is 2.35. The first-order valence-corrected chi connectivity index (χ1v) is 10.9. The predicted molar refractivity (Wildman–Crippen MR) is 120 cm³/mol. The molecular formula is C24H30ClFN2O3. The first-order valence-electron chi connectivity index (χ1n) is 10.5.